The molecule has 4 rings (SSSR count). The summed E-state index contributed by atoms with van der Waals surface area (Å²) in [6.45, 7) is 0. The first kappa shape index (κ1) is 21.4. The Kier molecular flexibility index (Phi) is 6.56. The van der Waals surface area contributed by atoms with Crippen molar-refractivity contribution in [3.05, 3.63) is 84.4 Å². The Morgan fingerprint density at radius 3 is 2.07 bits per heavy atom. The van der Waals surface area contributed by atoms with Crippen molar-refractivity contribution in [1.82, 2.24) is 0 Å². The summed E-state index contributed by atoms with van der Waals surface area (Å²) < 4.78 is 27.4. The molecule has 0 aliphatic carbocycles. The van der Waals surface area contributed by atoms with Crippen molar-refractivity contribution in [1.29, 1.82) is 0 Å². The van der Waals surface area contributed by atoms with E-state index >= 15 is 0 Å². The van der Waals surface area contributed by atoms with Crippen LogP contribution in [0.5, 0.6) is 0 Å². The minimum Gasteiger partial charge on any atom is -0.548 e. The maximum Gasteiger partial charge on any atom is 1.00 e. The summed E-state index contributed by atoms with van der Waals surface area (Å²) in [6, 6.07) is 21.6. The molecule has 5 nitrogen and oxygen atoms in total. The summed E-state index contributed by atoms with van der Waals surface area (Å²) in [7, 11) is -4.03. The number of nitrogens with zero attached hydrogens (tertiary/aromatic N) is 1. The van der Waals surface area contributed by atoms with E-state index in [2.05, 4.69) is 0 Å². The van der Waals surface area contributed by atoms with Crippen LogP contribution in [0, 0.1) is 0 Å². The summed E-state index contributed by atoms with van der Waals surface area (Å²) in [5.41, 5.74) is 2.92. The number of carboxylic acid groups (broad SMARTS) is 1. The Labute approximate surface area is 212 Å². The van der Waals surface area contributed by atoms with Crippen molar-refractivity contribution >= 4 is 21.7 Å². The second-order valence-corrected chi connectivity index (χ2v) is 8.17. The quantitative estimate of drug-likeness (QED) is 0.509. The maximum absolute atomic E-state index is 13.2. The van der Waals surface area contributed by atoms with Crippen LogP contribution in [0.4, 0.5) is 5.69 Å². The molecule has 1 aliphatic heterocycles. The number of sulfonamides is 1. The zero-order chi connectivity index (χ0) is 19.0. The third-order valence-electron chi connectivity index (χ3n) is 4.72. The molecule has 0 amide bonds. The molecule has 1 atom stereocenters. The SMILES string of the molecule is O=C([O-])C1Cc2ccccc2N1S(=O)(=O)c1ccc(-c2ccccc2)cc1.[Rb+]. The van der Waals surface area contributed by atoms with Gasteiger partial charge in [-0.1, -0.05) is 60.7 Å². The molecule has 1 aliphatic rings. The fourth-order valence-corrected chi connectivity index (χ4v) is 5.04. The third kappa shape index (κ3) is 3.89. The molecule has 0 saturated carbocycles. The molecule has 0 bridgehead atoms. The molecule has 136 valence electrons. The number of carbonyl (C=O) groups excluding carboxylic acids is 1. The summed E-state index contributed by atoms with van der Waals surface area (Å²) in [4.78, 5) is 11.6. The van der Waals surface area contributed by atoms with Crippen LogP contribution in [0.2, 0.25) is 0 Å². The number of fused-ring (bicyclic) bond motifs is 1. The number of benzene rings is 3. The Bertz CT molecular complexity index is 1100. The summed E-state index contributed by atoms with van der Waals surface area (Å²) in [6.07, 6.45) is 0.0971. The van der Waals surface area contributed by atoms with E-state index < -0.39 is 22.0 Å². The fraction of sp³-hybridized carbons (Fsp3) is 0.0952. The van der Waals surface area contributed by atoms with Crippen LogP contribution in [-0.4, -0.2) is 20.4 Å². The van der Waals surface area contributed by atoms with Crippen molar-refractivity contribution < 1.29 is 76.5 Å². The van der Waals surface area contributed by atoms with Crippen LogP contribution < -0.4 is 67.6 Å². The monoisotopic (exact) mass is 463 g/mol. The molecule has 3 aromatic carbocycles. The zero-order valence-electron chi connectivity index (χ0n) is 15.3. The maximum atomic E-state index is 13.2. The number of aliphatic carboxylic acids is 1. The molecule has 1 heterocycles. The van der Waals surface area contributed by atoms with Crippen molar-refractivity contribution in [3.8, 4) is 11.1 Å². The normalized spacial score (nSPS) is 15.6. The molecule has 28 heavy (non-hydrogen) atoms. The Balaban J connectivity index is 0.00000225. The largest absolute Gasteiger partial charge is 1.00 e. The van der Waals surface area contributed by atoms with Gasteiger partial charge in [0.2, 0.25) is 0 Å². The van der Waals surface area contributed by atoms with E-state index in [1.165, 1.54) is 12.1 Å². The smallest absolute Gasteiger partial charge is 0.548 e. The molecule has 3 aromatic rings. The molecule has 1 unspecified atom stereocenters. The number of rotatable bonds is 4. The first-order chi connectivity index (χ1) is 13.0. The van der Waals surface area contributed by atoms with Crippen LogP contribution in [-0.2, 0) is 21.2 Å². The average Bonchev–Trinajstić information content (AvgIpc) is 3.09. The fourth-order valence-electron chi connectivity index (χ4n) is 3.40. The minimum absolute atomic E-state index is 0. The van der Waals surface area contributed by atoms with Gasteiger partial charge in [-0.15, -0.1) is 0 Å². The standard InChI is InChI=1S/C21H17NO4S.Rb/c23-21(24)20-14-17-8-4-5-9-19(17)22(20)27(25,26)18-12-10-16(11-13-18)15-6-2-1-3-7-15;/h1-13,20H,14H2,(H,23,24);/q;+1/p-1. The molecule has 0 N–H and O–H groups in total. The molecule has 0 spiro atoms. The van der Waals surface area contributed by atoms with Gasteiger partial charge in [0.25, 0.3) is 10.0 Å². The second-order valence-electron chi connectivity index (χ2n) is 6.36. The van der Waals surface area contributed by atoms with E-state index in [1.807, 2.05) is 30.3 Å². The summed E-state index contributed by atoms with van der Waals surface area (Å²) in [5.74, 6) is -1.41. The van der Waals surface area contributed by atoms with Crippen LogP contribution in [0.15, 0.2) is 83.8 Å². The number of hydrogen-bond donors (Lipinski definition) is 0. The van der Waals surface area contributed by atoms with Crippen molar-refractivity contribution in [2.45, 2.75) is 17.4 Å². The minimum atomic E-state index is -4.03. The van der Waals surface area contributed by atoms with Gasteiger partial charge in [-0.2, -0.15) is 0 Å². The first-order valence-electron chi connectivity index (χ1n) is 8.47. The van der Waals surface area contributed by atoms with Crippen molar-refractivity contribution in [2.75, 3.05) is 4.31 Å². The van der Waals surface area contributed by atoms with Crippen LogP contribution in [0.25, 0.3) is 11.1 Å². The van der Waals surface area contributed by atoms with E-state index in [9.17, 15) is 18.3 Å². The molecular formula is C21H16NO4RbS. The topological polar surface area (TPSA) is 77.5 Å². The van der Waals surface area contributed by atoms with E-state index in [0.29, 0.717) is 11.3 Å². The van der Waals surface area contributed by atoms with Gasteiger partial charge in [0.15, 0.2) is 0 Å². The van der Waals surface area contributed by atoms with Gasteiger partial charge in [0.05, 0.1) is 22.6 Å². The number of carboxylic acids is 1. The van der Waals surface area contributed by atoms with Gasteiger partial charge in [0.1, 0.15) is 0 Å². The molecule has 7 heteroatoms. The summed E-state index contributed by atoms with van der Waals surface area (Å²) in [5, 5.41) is 11.6. The summed E-state index contributed by atoms with van der Waals surface area (Å²) >= 11 is 0. The van der Waals surface area contributed by atoms with Crippen LogP contribution in [0.1, 0.15) is 5.56 Å². The van der Waals surface area contributed by atoms with E-state index in [0.717, 1.165) is 15.4 Å². The average molecular weight is 464 g/mol. The van der Waals surface area contributed by atoms with Crippen molar-refractivity contribution in [3.63, 3.8) is 0 Å². The zero-order valence-corrected chi connectivity index (χ0v) is 21.0. The Morgan fingerprint density at radius 1 is 0.857 bits per heavy atom. The number of para-hydroxylation sites is 1. The molecule has 0 saturated heterocycles. The molecule has 0 aromatic heterocycles. The van der Waals surface area contributed by atoms with Crippen LogP contribution in [0.3, 0.4) is 0 Å². The van der Waals surface area contributed by atoms with Gasteiger partial charge in [0, 0.05) is 6.42 Å². The second kappa shape index (κ2) is 8.59. The number of anilines is 1. The van der Waals surface area contributed by atoms with E-state index in [-0.39, 0.29) is 69.5 Å². The number of carbonyl (C=O) groups is 1. The molecule has 0 fully saturated rings. The Hall–Kier alpha value is -1.31. The van der Waals surface area contributed by atoms with Gasteiger partial charge in [-0.3, -0.25) is 4.31 Å². The number of hydrogen-bond acceptors (Lipinski definition) is 4. The predicted molar refractivity (Wildman–Crippen MR) is 100 cm³/mol. The molecule has 0 radical (unpaired) electrons. The van der Waals surface area contributed by atoms with Gasteiger partial charge < -0.3 is 9.90 Å². The van der Waals surface area contributed by atoms with E-state index in [4.69, 9.17) is 0 Å². The van der Waals surface area contributed by atoms with Crippen molar-refractivity contribution in [2.24, 2.45) is 0 Å². The van der Waals surface area contributed by atoms with Gasteiger partial charge in [-0.05, 0) is 34.9 Å². The van der Waals surface area contributed by atoms with Crippen LogP contribution >= 0.6 is 0 Å². The Morgan fingerprint density at radius 2 is 1.43 bits per heavy atom. The van der Waals surface area contributed by atoms with Gasteiger partial charge in [-0.25, -0.2) is 8.42 Å². The third-order valence-corrected chi connectivity index (χ3v) is 6.55. The first-order valence-corrected chi connectivity index (χ1v) is 9.91. The molecular weight excluding hydrogens is 448 g/mol. The van der Waals surface area contributed by atoms with E-state index in [1.54, 1.807) is 36.4 Å². The van der Waals surface area contributed by atoms with Gasteiger partial charge >= 0.3 is 58.2 Å². The predicted octanol–water partition coefficient (Wildman–Crippen LogP) is -0.772.